The number of benzene rings is 1. The van der Waals surface area contributed by atoms with E-state index in [-0.39, 0.29) is 17.4 Å². The van der Waals surface area contributed by atoms with Gasteiger partial charge in [0.15, 0.2) is 11.5 Å². The average Bonchev–Trinajstić information content (AvgIpc) is 2.57. The van der Waals surface area contributed by atoms with E-state index in [0.29, 0.717) is 19.8 Å². The lowest BCUT2D eigenvalue weighted by Crippen LogP contribution is -2.55. The van der Waals surface area contributed by atoms with Gasteiger partial charge in [-0.2, -0.15) is 0 Å². The Kier molecular flexibility index (Phi) is 7.12. The quantitative estimate of drug-likeness (QED) is 0.758. The number of hydrogen-bond donors (Lipinski definition) is 2. The van der Waals surface area contributed by atoms with Crippen molar-refractivity contribution in [1.29, 1.82) is 0 Å². The lowest BCUT2D eigenvalue weighted by molar-refractivity contribution is -0.126. The van der Waals surface area contributed by atoms with Gasteiger partial charge >= 0.3 is 0 Å². The van der Waals surface area contributed by atoms with Crippen LogP contribution in [-0.2, 0) is 11.2 Å². The van der Waals surface area contributed by atoms with E-state index >= 15 is 0 Å². The molecule has 1 atom stereocenters. The van der Waals surface area contributed by atoms with Gasteiger partial charge in [0, 0.05) is 6.54 Å². The third-order valence-electron chi connectivity index (χ3n) is 4.71. The van der Waals surface area contributed by atoms with Crippen LogP contribution in [0.5, 0.6) is 11.5 Å². The molecule has 1 aromatic carbocycles. The standard InChI is InChI=1S/C20H32N2O3/c1-5-24-16-9-8-15(14-17(16)25-6-2)10-13-22-19(23)18-20(3,4)11-7-12-21-18/h8-9,14,18,21H,5-7,10-13H2,1-4H3,(H,22,23). The molecule has 0 bridgehead atoms. The van der Waals surface area contributed by atoms with E-state index in [1.54, 1.807) is 0 Å². The van der Waals surface area contributed by atoms with Crippen LogP contribution in [-0.4, -0.2) is 38.3 Å². The van der Waals surface area contributed by atoms with Crippen LogP contribution in [0.2, 0.25) is 0 Å². The Morgan fingerprint density at radius 1 is 1.24 bits per heavy atom. The minimum absolute atomic E-state index is 0.00358. The summed E-state index contributed by atoms with van der Waals surface area (Å²) >= 11 is 0. The Bertz CT molecular complexity index is 572. The summed E-state index contributed by atoms with van der Waals surface area (Å²) in [5, 5.41) is 6.43. The summed E-state index contributed by atoms with van der Waals surface area (Å²) in [6.07, 6.45) is 2.98. The highest BCUT2D eigenvalue weighted by Crippen LogP contribution is 2.30. The van der Waals surface area contributed by atoms with Crippen LogP contribution in [0.4, 0.5) is 0 Å². The van der Waals surface area contributed by atoms with Gasteiger partial charge in [-0.25, -0.2) is 0 Å². The number of piperidine rings is 1. The first-order valence-electron chi connectivity index (χ1n) is 9.37. The number of rotatable bonds is 8. The highest BCUT2D eigenvalue weighted by molar-refractivity contribution is 5.82. The summed E-state index contributed by atoms with van der Waals surface area (Å²) in [6, 6.07) is 5.86. The van der Waals surface area contributed by atoms with E-state index in [2.05, 4.69) is 24.5 Å². The molecule has 1 saturated heterocycles. The minimum atomic E-state index is -0.111. The van der Waals surface area contributed by atoms with Gasteiger partial charge in [0.05, 0.1) is 19.3 Å². The van der Waals surface area contributed by atoms with Crippen LogP contribution in [0, 0.1) is 5.41 Å². The van der Waals surface area contributed by atoms with E-state index in [0.717, 1.165) is 42.9 Å². The number of ether oxygens (including phenoxy) is 2. The molecule has 1 fully saturated rings. The molecule has 0 saturated carbocycles. The molecule has 0 spiro atoms. The van der Waals surface area contributed by atoms with Crippen molar-refractivity contribution in [1.82, 2.24) is 10.6 Å². The largest absolute Gasteiger partial charge is 0.490 e. The summed E-state index contributed by atoms with van der Waals surface area (Å²) in [6.45, 7) is 11.0. The van der Waals surface area contributed by atoms with Crippen molar-refractivity contribution >= 4 is 5.91 Å². The van der Waals surface area contributed by atoms with E-state index < -0.39 is 0 Å². The van der Waals surface area contributed by atoms with Gasteiger partial charge in [0.25, 0.3) is 0 Å². The second kappa shape index (κ2) is 9.09. The van der Waals surface area contributed by atoms with Gasteiger partial charge in [-0.1, -0.05) is 19.9 Å². The van der Waals surface area contributed by atoms with Crippen molar-refractivity contribution in [2.75, 3.05) is 26.3 Å². The van der Waals surface area contributed by atoms with E-state index in [4.69, 9.17) is 9.47 Å². The predicted molar refractivity (Wildman–Crippen MR) is 100 cm³/mol. The molecule has 0 aliphatic carbocycles. The van der Waals surface area contributed by atoms with Crippen molar-refractivity contribution in [3.63, 3.8) is 0 Å². The molecule has 5 heteroatoms. The second-order valence-electron chi connectivity index (χ2n) is 7.17. The molecule has 1 unspecified atom stereocenters. The first-order valence-corrected chi connectivity index (χ1v) is 9.37. The van der Waals surface area contributed by atoms with Crippen LogP contribution in [0.25, 0.3) is 0 Å². The molecule has 25 heavy (non-hydrogen) atoms. The molecule has 140 valence electrons. The zero-order chi connectivity index (χ0) is 18.3. The third-order valence-corrected chi connectivity index (χ3v) is 4.71. The molecule has 2 rings (SSSR count). The Hall–Kier alpha value is -1.75. The van der Waals surface area contributed by atoms with Gasteiger partial charge in [0.1, 0.15) is 0 Å². The van der Waals surface area contributed by atoms with Crippen LogP contribution in [0.15, 0.2) is 18.2 Å². The van der Waals surface area contributed by atoms with Gasteiger partial charge in [-0.05, 0) is 62.8 Å². The maximum atomic E-state index is 12.5. The molecule has 1 amide bonds. The van der Waals surface area contributed by atoms with Gasteiger partial charge in [-0.3, -0.25) is 4.79 Å². The number of carbonyl (C=O) groups excluding carboxylic acids is 1. The predicted octanol–water partition coefficient (Wildman–Crippen LogP) is 2.92. The van der Waals surface area contributed by atoms with Crippen molar-refractivity contribution in [3.8, 4) is 11.5 Å². The number of carbonyl (C=O) groups is 1. The summed E-state index contributed by atoms with van der Waals surface area (Å²) in [7, 11) is 0. The van der Waals surface area contributed by atoms with Crippen LogP contribution in [0.1, 0.15) is 46.1 Å². The normalized spacial score (nSPS) is 19.3. The maximum absolute atomic E-state index is 12.5. The Labute approximate surface area is 151 Å². The van der Waals surface area contributed by atoms with Crippen LogP contribution >= 0.6 is 0 Å². The first kappa shape index (κ1) is 19.6. The fourth-order valence-electron chi connectivity index (χ4n) is 3.34. The molecule has 0 aromatic heterocycles. The van der Waals surface area contributed by atoms with Crippen molar-refractivity contribution in [3.05, 3.63) is 23.8 Å². The third kappa shape index (κ3) is 5.36. The monoisotopic (exact) mass is 348 g/mol. The van der Waals surface area contributed by atoms with Gasteiger partial charge in [0.2, 0.25) is 5.91 Å². The topological polar surface area (TPSA) is 59.6 Å². The van der Waals surface area contributed by atoms with Crippen molar-refractivity contribution in [2.45, 2.75) is 53.0 Å². The van der Waals surface area contributed by atoms with Gasteiger partial charge < -0.3 is 20.1 Å². The molecular weight excluding hydrogens is 316 g/mol. The average molecular weight is 348 g/mol. The van der Waals surface area contributed by atoms with Crippen LogP contribution in [0.3, 0.4) is 0 Å². The summed E-state index contributed by atoms with van der Waals surface area (Å²) in [4.78, 5) is 12.5. The summed E-state index contributed by atoms with van der Waals surface area (Å²) in [5.41, 5.74) is 1.13. The highest BCUT2D eigenvalue weighted by Gasteiger charge is 2.36. The SMILES string of the molecule is CCOc1ccc(CCNC(=O)C2NCCCC2(C)C)cc1OCC. The Balaban J connectivity index is 1.90. The molecule has 0 radical (unpaired) electrons. The molecule has 2 N–H and O–H groups in total. The molecule has 1 heterocycles. The maximum Gasteiger partial charge on any atom is 0.237 e. The second-order valence-corrected chi connectivity index (χ2v) is 7.17. The first-order chi connectivity index (χ1) is 12.0. The number of amides is 1. The van der Waals surface area contributed by atoms with Crippen molar-refractivity contribution in [2.24, 2.45) is 5.41 Å². The minimum Gasteiger partial charge on any atom is -0.490 e. The Morgan fingerprint density at radius 3 is 2.64 bits per heavy atom. The zero-order valence-electron chi connectivity index (χ0n) is 16.0. The lowest BCUT2D eigenvalue weighted by atomic mass is 9.77. The fourth-order valence-corrected chi connectivity index (χ4v) is 3.34. The smallest absolute Gasteiger partial charge is 0.237 e. The molecule has 1 aliphatic heterocycles. The molecule has 1 aromatic rings. The number of hydrogen-bond acceptors (Lipinski definition) is 4. The van der Waals surface area contributed by atoms with E-state index in [1.165, 1.54) is 0 Å². The zero-order valence-corrected chi connectivity index (χ0v) is 16.0. The Morgan fingerprint density at radius 2 is 1.96 bits per heavy atom. The van der Waals surface area contributed by atoms with E-state index in [9.17, 15) is 4.79 Å². The van der Waals surface area contributed by atoms with Gasteiger partial charge in [-0.15, -0.1) is 0 Å². The molecule has 5 nitrogen and oxygen atoms in total. The lowest BCUT2D eigenvalue weighted by Gasteiger charge is -2.38. The molecule has 1 aliphatic rings. The van der Waals surface area contributed by atoms with Crippen molar-refractivity contribution < 1.29 is 14.3 Å². The van der Waals surface area contributed by atoms with Crippen LogP contribution < -0.4 is 20.1 Å². The number of nitrogens with one attached hydrogen (secondary N) is 2. The molecular formula is C20H32N2O3. The fraction of sp³-hybridized carbons (Fsp3) is 0.650. The summed E-state index contributed by atoms with van der Waals surface area (Å²) < 4.78 is 11.2. The highest BCUT2D eigenvalue weighted by atomic mass is 16.5. The van der Waals surface area contributed by atoms with E-state index in [1.807, 2.05) is 32.0 Å². The summed E-state index contributed by atoms with van der Waals surface area (Å²) in [5.74, 6) is 1.63.